The number of nitrogens with zero attached hydrogens (tertiary/aromatic N) is 4. The molecule has 0 bridgehead atoms. The molecule has 0 saturated heterocycles. The van der Waals surface area contributed by atoms with E-state index >= 15 is 0 Å². The molecule has 9 rings (SSSR count). The van der Waals surface area contributed by atoms with Crippen molar-refractivity contribution in [3.8, 4) is 73.6 Å². The molecular weight excluding hydrogens is 597 g/mol. The number of fused-ring (bicyclic) bond motifs is 5. The Morgan fingerprint density at radius 2 is 1.02 bits per heavy atom. The van der Waals surface area contributed by atoms with Crippen LogP contribution in [0.3, 0.4) is 0 Å². The standard InChI is InChI=1S/C45H32N4/c46-29-30-20-22-31(23-21-30)36-18-11-19-39-41(36)38-25-24-34(28-40(38)45(39)26-9-10-27-45)35-16-7-8-17-37(35)44-48-42(32-12-3-1-4-13-32)47-43(49-44)33-14-5-2-6-15-33/h1-8,11-25,28H,9-10,26-27H2. The zero-order valence-corrected chi connectivity index (χ0v) is 27.0. The second-order valence-corrected chi connectivity index (χ2v) is 13.1. The molecule has 0 atom stereocenters. The summed E-state index contributed by atoms with van der Waals surface area (Å²) >= 11 is 0. The predicted octanol–water partition coefficient (Wildman–Crippen LogP) is 10.9. The summed E-state index contributed by atoms with van der Waals surface area (Å²) in [6.07, 6.45) is 4.72. The minimum absolute atomic E-state index is 0.00759. The predicted molar refractivity (Wildman–Crippen MR) is 196 cm³/mol. The van der Waals surface area contributed by atoms with Crippen LogP contribution in [0.4, 0.5) is 0 Å². The monoisotopic (exact) mass is 628 g/mol. The van der Waals surface area contributed by atoms with Gasteiger partial charge >= 0.3 is 0 Å². The highest BCUT2D eigenvalue weighted by Crippen LogP contribution is 2.59. The fourth-order valence-corrected chi connectivity index (χ4v) is 8.05. The summed E-state index contributed by atoms with van der Waals surface area (Å²) in [7, 11) is 0. The fraction of sp³-hybridized carbons (Fsp3) is 0.111. The minimum atomic E-state index is -0.00759. The van der Waals surface area contributed by atoms with E-state index in [1.165, 1.54) is 40.7 Å². The van der Waals surface area contributed by atoms with Crippen LogP contribution < -0.4 is 0 Å². The van der Waals surface area contributed by atoms with Crippen molar-refractivity contribution in [3.05, 3.63) is 162 Å². The van der Waals surface area contributed by atoms with E-state index in [1.807, 2.05) is 72.8 Å². The first-order valence-electron chi connectivity index (χ1n) is 17.0. The molecule has 1 saturated carbocycles. The molecule has 1 heterocycles. The van der Waals surface area contributed by atoms with Crippen molar-refractivity contribution in [2.45, 2.75) is 31.1 Å². The molecule has 1 spiro atoms. The van der Waals surface area contributed by atoms with Gasteiger partial charge in [-0.15, -0.1) is 0 Å². The molecular formula is C45H32N4. The second kappa shape index (κ2) is 11.8. The van der Waals surface area contributed by atoms with Crippen molar-refractivity contribution in [2.24, 2.45) is 0 Å². The smallest absolute Gasteiger partial charge is 0.164 e. The molecule has 49 heavy (non-hydrogen) atoms. The Balaban J connectivity index is 1.21. The molecule has 1 aromatic heterocycles. The lowest BCUT2D eigenvalue weighted by atomic mass is 9.76. The molecule has 7 aromatic rings. The highest BCUT2D eigenvalue weighted by Gasteiger charge is 2.46. The summed E-state index contributed by atoms with van der Waals surface area (Å²) in [6, 6.07) is 52.9. The molecule has 1 fully saturated rings. The van der Waals surface area contributed by atoms with Crippen LogP contribution in [-0.2, 0) is 5.41 Å². The van der Waals surface area contributed by atoms with E-state index in [9.17, 15) is 5.26 Å². The summed E-state index contributed by atoms with van der Waals surface area (Å²) < 4.78 is 0. The van der Waals surface area contributed by atoms with Gasteiger partial charge in [-0.25, -0.2) is 15.0 Å². The lowest BCUT2D eigenvalue weighted by Crippen LogP contribution is -2.20. The highest BCUT2D eigenvalue weighted by atomic mass is 15.0. The molecule has 4 nitrogen and oxygen atoms in total. The first-order valence-corrected chi connectivity index (χ1v) is 17.0. The van der Waals surface area contributed by atoms with Gasteiger partial charge in [0, 0.05) is 22.1 Å². The number of benzene rings is 6. The Hall–Kier alpha value is -6.18. The van der Waals surface area contributed by atoms with Crippen LogP contribution in [0, 0.1) is 11.3 Å². The van der Waals surface area contributed by atoms with Crippen LogP contribution in [0.2, 0.25) is 0 Å². The number of nitriles is 1. The van der Waals surface area contributed by atoms with Gasteiger partial charge in [0.15, 0.2) is 17.5 Å². The Morgan fingerprint density at radius 3 is 1.67 bits per heavy atom. The maximum absolute atomic E-state index is 9.41. The average Bonchev–Trinajstić information content (AvgIpc) is 3.79. The molecule has 4 heteroatoms. The first kappa shape index (κ1) is 29.0. The van der Waals surface area contributed by atoms with E-state index in [-0.39, 0.29) is 5.41 Å². The molecule has 2 aliphatic carbocycles. The van der Waals surface area contributed by atoms with E-state index < -0.39 is 0 Å². The zero-order valence-electron chi connectivity index (χ0n) is 27.0. The third kappa shape index (κ3) is 4.86. The van der Waals surface area contributed by atoms with Crippen molar-refractivity contribution in [1.82, 2.24) is 15.0 Å². The maximum atomic E-state index is 9.41. The highest BCUT2D eigenvalue weighted by molar-refractivity contribution is 5.94. The third-order valence-electron chi connectivity index (χ3n) is 10.3. The van der Waals surface area contributed by atoms with E-state index in [0.29, 0.717) is 23.0 Å². The van der Waals surface area contributed by atoms with Gasteiger partial charge in [0.2, 0.25) is 0 Å². The van der Waals surface area contributed by atoms with Crippen LogP contribution in [0.15, 0.2) is 146 Å². The molecule has 0 aliphatic heterocycles. The Kier molecular flexibility index (Phi) is 6.99. The summed E-state index contributed by atoms with van der Waals surface area (Å²) in [5.41, 5.74) is 13.7. The number of hydrogen-bond acceptors (Lipinski definition) is 4. The normalized spacial score (nSPS) is 13.9. The van der Waals surface area contributed by atoms with Crippen LogP contribution in [0.25, 0.3) is 67.5 Å². The van der Waals surface area contributed by atoms with E-state index in [4.69, 9.17) is 15.0 Å². The lowest BCUT2D eigenvalue weighted by molar-refractivity contribution is 0.550. The van der Waals surface area contributed by atoms with Gasteiger partial charge in [0.25, 0.3) is 0 Å². The van der Waals surface area contributed by atoms with Gasteiger partial charge in [0.05, 0.1) is 11.6 Å². The van der Waals surface area contributed by atoms with E-state index in [1.54, 1.807) is 0 Å². The molecule has 0 radical (unpaired) electrons. The first-order chi connectivity index (χ1) is 24.2. The lowest BCUT2D eigenvalue weighted by Gasteiger charge is -2.27. The van der Waals surface area contributed by atoms with Crippen molar-refractivity contribution >= 4 is 0 Å². The van der Waals surface area contributed by atoms with Gasteiger partial charge in [-0.1, -0.05) is 140 Å². The van der Waals surface area contributed by atoms with Crippen molar-refractivity contribution in [2.75, 3.05) is 0 Å². The van der Waals surface area contributed by atoms with Crippen LogP contribution >= 0.6 is 0 Å². The van der Waals surface area contributed by atoms with Crippen LogP contribution in [0.5, 0.6) is 0 Å². The Labute approximate surface area is 286 Å². The second-order valence-electron chi connectivity index (χ2n) is 13.1. The zero-order chi connectivity index (χ0) is 32.8. The molecule has 0 unspecified atom stereocenters. The molecule has 0 N–H and O–H groups in total. The maximum Gasteiger partial charge on any atom is 0.164 e. The van der Waals surface area contributed by atoms with Gasteiger partial charge in [-0.3, -0.25) is 0 Å². The van der Waals surface area contributed by atoms with Crippen molar-refractivity contribution in [1.29, 1.82) is 5.26 Å². The topological polar surface area (TPSA) is 62.5 Å². The number of rotatable bonds is 5. The largest absolute Gasteiger partial charge is 0.208 e. The fourth-order valence-electron chi connectivity index (χ4n) is 8.05. The Bertz CT molecular complexity index is 2330. The average molecular weight is 629 g/mol. The molecule has 2 aliphatic rings. The third-order valence-corrected chi connectivity index (χ3v) is 10.3. The summed E-state index contributed by atoms with van der Waals surface area (Å²) in [5.74, 6) is 1.97. The summed E-state index contributed by atoms with van der Waals surface area (Å²) in [5, 5.41) is 9.41. The van der Waals surface area contributed by atoms with Crippen LogP contribution in [0.1, 0.15) is 42.4 Å². The molecule has 6 aromatic carbocycles. The van der Waals surface area contributed by atoms with Gasteiger partial charge in [0.1, 0.15) is 0 Å². The van der Waals surface area contributed by atoms with Crippen LogP contribution in [-0.4, -0.2) is 15.0 Å². The molecule has 0 amide bonds. The van der Waals surface area contributed by atoms with Gasteiger partial charge in [-0.05, 0) is 75.5 Å². The summed E-state index contributed by atoms with van der Waals surface area (Å²) in [6.45, 7) is 0. The quantitative estimate of drug-likeness (QED) is 0.190. The Morgan fingerprint density at radius 1 is 0.449 bits per heavy atom. The van der Waals surface area contributed by atoms with Crippen molar-refractivity contribution < 1.29 is 0 Å². The van der Waals surface area contributed by atoms with Crippen molar-refractivity contribution in [3.63, 3.8) is 0 Å². The minimum Gasteiger partial charge on any atom is -0.208 e. The summed E-state index contributed by atoms with van der Waals surface area (Å²) in [4.78, 5) is 15.1. The number of aromatic nitrogens is 3. The SMILES string of the molecule is N#Cc1ccc(-c2cccc3c2-c2ccc(-c4ccccc4-c4nc(-c5ccccc5)nc(-c5ccccc5)n4)cc2C32CCCC2)cc1. The van der Waals surface area contributed by atoms with E-state index in [0.717, 1.165) is 46.2 Å². The van der Waals surface area contributed by atoms with Gasteiger partial charge < -0.3 is 0 Å². The molecule has 232 valence electrons. The van der Waals surface area contributed by atoms with E-state index in [2.05, 4.69) is 78.9 Å². The van der Waals surface area contributed by atoms with Gasteiger partial charge in [-0.2, -0.15) is 5.26 Å². The number of hydrogen-bond donors (Lipinski definition) is 0.